The molecule has 0 atom stereocenters. The summed E-state index contributed by atoms with van der Waals surface area (Å²) in [6.07, 6.45) is 0. The van der Waals surface area contributed by atoms with Crippen LogP contribution in [0.25, 0.3) is 0 Å². The van der Waals surface area contributed by atoms with Crippen LogP contribution >= 0.6 is 11.6 Å². The van der Waals surface area contributed by atoms with E-state index in [1.807, 2.05) is 13.8 Å². The molecule has 1 amide bonds. The number of hydrogen-bond donors (Lipinski definition) is 2. The number of amides is 1. The Morgan fingerprint density at radius 1 is 1.42 bits per heavy atom. The van der Waals surface area contributed by atoms with E-state index >= 15 is 0 Å². The summed E-state index contributed by atoms with van der Waals surface area (Å²) in [7, 11) is 0. The number of aromatic carboxylic acids is 1. The number of carboxylic acid groups (broad SMARTS) is 1. The monoisotopic (exact) mass is 284 g/mol. The number of carbonyl (C=O) groups is 2. The van der Waals surface area contributed by atoms with Crippen LogP contribution in [-0.2, 0) is 4.79 Å². The predicted molar refractivity (Wildman–Crippen MR) is 74.7 cm³/mol. The maximum absolute atomic E-state index is 11.2. The average molecular weight is 285 g/mol. The molecule has 0 spiro atoms. The van der Waals surface area contributed by atoms with Crippen molar-refractivity contribution in [2.24, 2.45) is 11.7 Å². The van der Waals surface area contributed by atoms with E-state index in [1.54, 1.807) is 17.0 Å². The summed E-state index contributed by atoms with van der Waals surface area (Å²) in [6.45, 7) is 4.35. The van der Waals surface area contributed by atoms with Crippen LogP contribution in [0.2, 0.25) is 5.02 Å². The van der Waals surface area contributed by atoms with Crippen molar-refractivity contribution in [1.29, 1.82) is 0 Å². The van der Waals surface area contributed by atoms with Crippen LogP contribution in [0.15, 0.2) is 18.2 Å². The average Bonchev–Trinajstić information content (AvgIpc) is 2.26. The van der Waals surface area contributed by atoms with Gasteiger partial charge in [0.05, 0.1) is 22.8 Å². The molecule has 0 saturated carbocycles. The second-order valence-electron chi connectivity index (χ2n) is 4.68. The first-order valence-electron chi connectivity index (χ1n) is 5.88. The lowest BCUT2D eigenvalue weighted by Crippen LogP contribution is -2.37. The van der Waals surface area contributed by atoms with Gasteiger partial charge in [0.1, 0.15) is 0 Å². The van der Waals surface area contributed by atoms with Crippen LogP contribution in [0, 0.1) is 5.92 Å². The number of nitrogens with two attached hydrogens (primary N) is 1. The Morgan fingerprint density at radius 2 is 2.05 bits per heavy atom. The number of halogens is 1. The van der Waals surface area contributed by atoms with Gasteiger partial charge in [-0.25, -0.2) is 4.79 Å². The fraction of sp³-hybridized carbons (Fsp3) is 0.385. The van der Waals surface area contributed by atoms with Crippen molar-refractivity contribution in [3.63, 3.8) is 0 Å². The smallest absolute Gasteiger partial charge is 0.337 e. The summed E-state index contributed by atoms with van der Waals surface area (Å²) in [5.74, 6) is -1.38. The molecule has 0 radical (unpaired) electrons. The molecule has 0 bridgehead atoms. The second-order valence-corrected chi connectivity index (χ2v) is 5.09. The Hall–Kier alpha value is -1.75. The van der Waals surface area contributed by atoms with Crippen LogP contribution in [-0.4, -0.2) is 30.1 Å². The molecular weight excluding hydrogens is 268 g/mol. The number of anilines is 1. The fourth-order valence-electron chi connectivity index (χ4n) is 1.87. The van der Waals surface area contributed by atoms with Crippen LogP contribution in [0.4, 0.5) is 5.69 Å². The highest BCUT2D eigenvalue weighted by Crippen LogP contribution is 2.30. The van der Waals surface area contributed by atoms with Gasteiger partial charge in [-0.1, -0.05) is 31.5 Å². The van der Waals surface area contributed by atoms with Gasteiger partial charge in [-0.2, -0.15) is 0 Å². The molecule has 0 aliphatic rings. The van der Waals surface area contributed by atoms with E-state index in [4.69, 9.17) is 17.3 Å². The van der Waals surface area contributed by atoms with Crippen molar-refractivity contribution >= 4 is 29.2 Å². The first kappa shape index (κ1) is 15.3. The van der Waals surface area contributed by atoms with E-state index in [9.17, 15) is 14.7 Å². The Balaban J connectivity index is 3.27. The van der Waals surface area contributed by atoms with Gasteiger partial charge >= 0.3 is 5.97 Å². The molecule has 19 heavy (non-hydrogen) atoms. The maximum atomic E-state index is 11.2. The van der Waals surface area contributed by atoms with E-state index in [0.29, 0.717) is 17.3 Å². The lowest BCUT2D eigenvalue weighted by molar-refractivity contribution is -0.116. The minimum Gasteiger partial charge on any atom is -0.478 e. The summed E-state index contributed by atoms with van der Waals surface area (Å²) in [4.78, 5) is 24.0. The van der Waals surface area contributed by atoms with Gasteiger partial charge in [-0.05, 0) is 18.1 Å². The van der Waals surface area contributed by atoms with E-state index < -0.39 is 11.9 Å². The van der Waals surface area contributed by atoms with Crippen molar-refractivity contribution in [1.82, 2.24) is 0 Å². The van der Waals surface area contributed by atoms with Crippen molar-refractivity contribution in [3.8, 4) is 0 Å². The first-order chi connectivity index (χ1) is 8.82. The van der Waals surface area contributed by atoms with E-state index in [2.05, 4.69) is 0 Å². The SMILES string of the molecule is CC(C)CN(CC(N)=O)c1c(Cl)cccc1C(=O)O. The lowest BCUT2D eigenvalue weighted by atomic mass is 10.1. The van der Waals surface area contributed by atoms with Crippen LogP contribution in [0.3, 0.4) is 0 Å². The van der Waals surface area contributed by atoms with Crippen molar-refractivity contribution in [2.75, 3.05) is 18.0 Å². The first-order valence-corrected chi connectivity index (χ1v) is 6.25. The van der Waals surface area contributed by atoms with Gasteiger partial charge in [0.25, 0.3) is 0 Å². The molecule has 0 aromatic heterocycles. The number of para-hydroxylation sites is 1. The molecular formula is C13H17ClN2O3. The Labute approximate surface area is 117 Å². The number of carboxylic acids is 1. The summed E-state index contributed by atoms with van der Waals surface area (Å²) < 4.78 is 0. The summed E-state index contributed by atoms with van der Waals surface area (Å²) in [5.41, 5.74) is 5.61. The molecule has 0 saturated heterocycles. The molecule has 6 heteroatoms. The Morgan fingerprint density at radius 3 is 2.53 bits per heavy atom. The molecule has 0 fully saturated rings. The molecule has 0 aliphatic heterocycles. The predicted octanol–water partition coefficient (Wildman–Crippen LogP) is 1.99. The third-order valence-electron chi connectivity index (χ3n) is 2.47. The largest absolute Gasteiger partial charge is 0.478 e. The summed E-state index contributed by atoms with van der Waals surface area (Å²) in [5, 5.41) is 9.50. The zero-order chi connectivity index (χ0) is 14.6. The van der Waals surface area contributed by atoms with Gasteiger partial charge in [0.15, 0.2) is 0 Å². The van der Waals surface area contributed by atoms with Crippen molar-refractivity contribution in [2.45, 2.75) is 13.8 Å². The van der Waals surface area contributed by atoms with E-state index in [0.717, 1.165) is 0 Å². The maximum Gasteiger partial charge on any atom is 0.337 e. The van der Waals surface area contributed by atoms with Gasteiger partial charge < -0.3 is 15.7 Å². The van der Waals surface area contributed by atoms with Gasteiger partial charge in [0.2, 0.25) is 5.91 Å². The molecule has 1 aromatic rings. The zero-order valence-corrected chi connectivity index (χ0v) is 11.6. The molecule has 0 heterocycles. The van der Waals surface area contributed by atoms with Crippen LogP contribution < -0.4 is 10.6 Å². The highest BCUT2D eigenvalue weighted by molar-refractivity contribution is 6.34. The van der Waals surface area contributed by atoms with Crippen molar-refractivity contribution < 1.29 is 14.7 Å². The molecule has 0 unspecified atom stereocenters. The minimum atomic E-state index is -1.09. The molecule has 104 valence electrons. The fourth-order valence-corrected chi connectivity index (χ4v) is 2.17. The topological polar surface area (TPSA) is 83.6 Å². The number of primary amides is 1. The second kappa shape index (κ2) is 6.43. The molecule has 5 nitrogen and oxygen atoms in total. The number of rotatable bonds is 6. The summed E-state index contributed by atoms with van der Waals surface area (Å²) in [6, 6.07) is 4.61. The van der Waals surface area contributed by atoms with Gasteiger partial charge in [-0.3, -0.25) is 4.79 Å². The summed E-state index contributed by atoms with van der Waals surface area (Å²) >= 11 is 6.08. The number of carbonyl (C=O) groups excluding carboxylic acids is 1. The minimum absolute atomic E-state index is 0.0643. The molecule has 1 aromatic carbocycles. The third-order valence-corrected chi connectivity index (χ3v) is 2.77. The molecule has 1 rings (SSSR count). The molecule has 0 aliphatic carbocycles. The number of nitrogens with zero attached hydrogens (tertiary/aromatic N) is 1. The van der Waals surface area contributed by atoms with Gasteiger partial charge in [0, 0.05) is 6.54 Å². The highest BCUT2D eigenvalue weighted by atomic mass is 35.5. The van der Waals surface area contributed by atoms with Gasteiger partial charge in [-0.15, -0.1) is 0 Å². The standard InChI is InChI=1S/C13H17ClN2O3/c1-8(2)6-16(7-11(15)17)12-9(13(18)19)4-3-5-10(12)14/h3-5,8H,6-7H2,1-2H3,(H2,15,17)(H,18,19). The normalized spacial score (nSPS) is 10.5. The number of benzene rings is 1. The van der Waals surface area contributed by atoms with Crippen molar-refractivity contribution in [3.05, 3.63) is 28.8 Å². The third kappa shape index (κ3) is 4.13. The van der Waals surface area contributed by atoms with E-state index in [1.165, 1.54) is 6.07 Å². The lowest BCUT2D eigenvalue weighted by Gasteiger charge is -2.27. The Kier molecular flexibility index (Phi) is 5.18. The number of hydrogen-bond acceptors (Lipinski definition) is 3. The van der Waals surface area contributed by atoms with Crippen LogP contribution in [0.1, 0.15) is 24.2 Å². The van der Waals surface area contributed by atoms with Crippen LogP contribution in [0.5, 0.6) is 0 Å². The quantitative estimate of drug-likeness (QED) is 0.837. The highest BCUT2D eigenvalue weighted by Gasteiger charge is 2.21. The Bertz CT molecular complexity index is 489. The zero-order valence-electron chi connectivity index (χ0n) is 10.9. The van der Waals surface area contributed by atoms with E-state index in [-0.39, 0.29) is 18.0 Å². The molecule has 3 N–H and O–H groups in total.